The molecule has 0 spiro atoms. The number of piperidine rings is 1. The summed E-state index contributed by atoms with van der Waals surface area (Å²) in [7, 11) is 0. The monoisotopic (exact) mass is 545 g/mol. The number of aromatic nitrogens is 1. The number of hydrogen-bond donors (Lipinski definition) is 2. The molecule has 1 aliphatic heterocycles. The van der Waals surface area contributed by atoms with Crippen molar-refractivity contribution in [2.75, 3.05) is 26.2 Å². The van der Waals surface area contributed by atoms with Gasteiger partial charge in [0.2, 0.25) is 5.89 Å². The van der Waals surface area contributed by atoms with E-state index in [0.29, 0.717) is 18.4 Å². The van der Waals surface area contributed by atoms with E-state index >= 15 is 0 Å². The average Bonchev–Trinajstić information content (AvgIpc) is 3.37. The first-order chi connectivity index (χ1) is 13.9. The van der Waals surface area contributed by atoms with Gasteiger partial charge < -0.3 is 15.1 Å². The van der Waals surface area contributed by atoms with Crippen LogP contribution in [0.4, 0.5) is 0 Å². The van der Waals surface area contributed by atoms with E-state index in [-0.39, 0.29) is 29.4 Å². The average molecular weight is 546 g/mol. The Morgan fingerprint density at radius 2 is 2.07 bits per heavy atom. The molecule has 8 heteroatoms. The normalized spacial score (nSPS) is 16.3. The summed E-state index contributed by atoms with van der Waals surface area (Å²) in [6, 6.07) is 4.37. The minimum Gasteiger partial charge on any atom is -0.443 e. The lowest BCUT2D eigenvalue weighted by molar-refractivity contribution is 0.179. The summed E-state index contributed by atoms with van der Waals surface area (Å²) in [6.07, 6.45) is 4.27. The number of rotatable bonds is 7. The molecule has 168 valence electrons. The standard InChI is InChI=1S/C22H35N5OS.HI/c1-5-23-21(26-15-20-24-14-19(28-20)22(2,3)4)25-13-17-8-10-27(11-9-17)16-18-7-6-12-29-18;/h6-7,12,14,17H,5,8-11,13,15-16H2,1-4H3,(H2,23,25,26);1H. The van der Waals surface area contributed by atoms with Crippen molar-refractivity contribution in [3.05, 3.63) is 40.2 Å². The largest absolute Gasteiger partial charge is 0.443 e. The molecular formula is C22H36IN5OS. The second kappa shape index (κ2) is 12.0. The van der Waals surface area contributed by atoms with Crippen molar-refractivity contribution >= 4 is 41.3 Å². The van der Waals surface area contributed by atoms with Crippen LogP contribution in [0.2, 0.25) is 0 Å². The van der Waals surface area contributed by atoms with Crippen molar-refractivity contribution in [2.45, 2.75) is 59.0 Å². The molecular weight excluding hydrogens is 509 g/mol. The van der Waals surface area contributed by atoms with Crippen LogP contribution in [0.15, 0.2) is 33.1 Å². The zero-order valence-electron chi connectivity index (χ0n) is 18.6. The summed E-state index contributed by atoms with van der Waals surface area (Å²) in [4.78, 5) is 13.1. The SMILES string of the molecule is CCNC(=NCc1ncc(C(C)(C)C)o1)NCC1CCN(Cc2cccs2)CC1.I. The maximum Gasteiger partial charge on any atom is 0.216 e. The van der Waals surface area contributed by atoms with Crippen LogP contribution >= 0.6 is 35.3 Å². The van der Waals surface area contributed by atoms with Crippen LogP contribution in [0, 0.1) is 5.92 Å². The number of nitrogens with one attached hydrogen (secondary N) is 2. The fourth-order valence-corrected chi connectivity index (χ4v) is 4.18. The quantitative estimate of drug-likeness (QED) is 0.302. The van der Waals surface area contributed by atoms with Gasteiger partial charge in [-0.1, -0.05) is 26.8 Å². The molecule has 3 rings (SSSR count). The predicted octanol–water partition coefficient (Wildman–Crippen LogP) is 4.62. The van der Waals surface area contributed by atoms with Crippen molar-refractivity contribution in [3.8, 4) is 0 Å². The van der Waals surface area contributed by atoms with Gasteiger partial charge in [0.05, 0.1) is 6.20 Å². The van der Waals surface area contributed by atoms with Crippen LogP contribution in [0.3, 0.4) is 0 Å². The Balaban J connectivity index is 0.00000320. The van der Waals surface area contributed by atoms with E-state index in [1.165, 1.54) is 30.8 Å². The molecule has 2 N–H and O–H groups in total. The van der Waals surface area contributed by atoms with Gasteiger partial charge >= 0.3 is 0 Å². The fourth-order valence-electron chi connectivity index (χ4n) is 3.43. The third-order valence-electron chi connectivity index (χ3n) is 5.23. The molecule has 1 aliphatic rings. The third-order valence-corrected chi connectivity index (χ3v) is 6.10. The Bertz CT molecular complexity index is 761. The fraction of sp³-hybridized carbons (Fsp3) is 0.636. The summed E-state index contributed by atoms with van der Waals surface area (Å²) in [5.74, 6) is 3.08. The molecule has 0 aliphatic carbocycles. The number of thiophene rings is 1. The predicted molar refractivity (Wildman–Crippen MR) is 136 cm³/mol. The zero-order chi connectivity index (χ0) is 20.7. The van der Waals surface area contributed by atoms with Crippen molar-refractivity contribution < 1.29 is 4.42 Å². The molecule has 1 fully saturated rings. The van der Waals surface area contributed by atoms with E-state index in [0.717, 1.165) is 31.4 Å². The molecule has 2 aromatic heterocycles. The minimum atomic E-state index is -0.0317. The van der Waals surface area contributed by atoms with Gasteiger partial charge in [0.1, 0.15) is 12.3 Å². The van der Waals surface area contributed by atoms with Gasteiger partial charge in [-0.2, -0.15) is 0 Å². The molecule has 2 aromatic rings. The van der Waals surface area contributed by atoms with Gasteiger partial charge in [-0.3, -0.25) is 4.90 Å². The number of likely N-dealkylation sites (tertiary alicyclic amines) is 1. The second-order valence-corrected chi connectivity index (χ2v) is 9.78. The maximum absolute atomic E-state index is 5.85. The number of aliphatic imine (C=N–C) groups is 1. The Labute approximate surface area is 202 Å². The summed E-state index contributed by atoms with van der Waals surface area (Å²) < 4.78 is 5.85. The highest BCUT2D eigenvalue weighted by Gasteiger charge is 2.20. The maximum atomic E-state index is 5.85. The van der Waals surface area contributed by atoms with Crippen molar-refractivity contribution in [1.29, 1.82) is 0 Å². The summed E-state index contributed by atoms with van der Waals surface area (Å²) in [5, 5.41) is 9.00. The van der Waals surface area contributed by atoms with E-state index in [4.69, 9.17) is 4.42 Å². The molecule has 0 saturated carbocycles. The van der Waals surface area contributed by atoms with Crippen LogP contribution in [-0.4, -0.2) is 42.0 Å². The highest BCUT2D eigenvalue weighted by atomic mass is 127. The Morgan fingerprint density at radius 3 is 2.67 bits per heavy atom. The molecule has 0 unspecified atom stereocenters. The van der Waals surface area contributed by atoms with Crippen LogP contribution in [0.25, 0.3) is 0 Å². The van der Waals surface area contributed by atoms with Crippen LogP contribution < -0.4 is 10.6 Å². The lowest BCUT2D eigenvalue weighted by Crippen LogP contribution is -2.42. The molecule has 0 bridgehead atoms. The molecule has 1 saturated heterocycles. The van der Waals surface area contributed by atoms with E-state index in [1.807, 2.05) is 17.5 Å². The summed E-state index contributed by atoms with van der Waals surface area (Å²) >= 11 is 1.85. The van der Waals surface area contributed by atoms with E-state index in [9.17, 15) is 0 Å². The van der Waals surface area contributed by atoms with E-state index < -0.39 is 0 Å². The minimum absolute atomic E-state index is 0. The zero-order valence-corrected chi connectivity index (χ0v) is 21.8. The highest BCUT2D eigenvalue weighted by molar-refractivity contribution is 14.0. The molecule has 0 radical (unpaired) electrons. The molecule has 6 nitrogen and oxygen atoms in total. The van der Waals surface area contributed by atoms with E-state index in [1.54, 1.807) is 0 Å². The Kier molecular flexibility index (Phi) is 10.1. The summed E-state index contributed by atoms with van der Waals surface area (Å²) in [6.45, 7) is 14.1. The Hall–Kier alpha value is -1.13. The van der Waals surface area contributed by atoms with Crippen molar-refractivity contribution in [2.24, 2.45) is 10.9 Å². The van der Waals surface area contributed by atoms with Gasteiger partial charge in [-0.15, -0.1) is 35.3 Å². The smallest absolute Gasteiger partial charge is 0.216 e. The number of guanidine groups is 1. The number of oxazole rings is 1. The van der Waals surface area contributed by atoms with E-state index in [2.05, 4.69) is 70.7 Å². The lowest BCUT2D eigenvalue weighted by atomic mass is 9.94. The molecule has 0 aromatic carbocycles. The van der Waals surface area contributed by atoms with Crippen LogP contribution in [-0.2, 0) is 18.5 Å². The van der Waals surface area contributed by atoms with Gasteiger partial charge in [-0.25, -0.2) is 9.98 Å². The van der Waals surface area contributed by atoms with Gasteiger partial charge in [0, 0.05) is 29.9 Å². The number of nitrogens with zero attached hydrogens (tertiary/aromatic N) is 3. The molecule has 30 heavy (non-hydrogen) atoms. The lowest BCUT2D eigenvalue weighted by Gasteiger charge is -2.32. The highest BCUT2D eigenvalue weighted by Crippen LogP contribution is 2.23. The topological polar surface area (TPSA) is 65.7 Å². The summed E-state index contributed by atoms with van der Waals surface area (Å²) in [5.41, 5.74) is -0.0317. The first kappa shape index (κ1) is 25.1. The molecule has 3 heterocycles. The number of halogens is 1. The van der Waals surface area contributed by atoms with Gasteiger partial charge in [0.25, 0.3) is 0 Å². The van der Waals surface area contributed by atoms with Gasteiger partial charge in [0.15, 0.2) is 5.96 Å². The van der Waals surface area contributed by atoms with Crippen molar-refractivity contribution in [3.63, 3.8) is 0 Å². The van der Waals surface area contributed by atoms with Crippen LogP contribution in [0.1, 0.15) is 57.1 Å². The van der Waals surface area contributed by atoms with Crippen LogP contribution in [0.5, 0.6) is 0 Å². The first-order valence-corrected chi connectivity index (χ1v) is 11.5. The Morgan fingerprint density at radius 1 is 1.30 bits per heavy atom. The first-order valence-electron chi connectivity index (χ1n) is 10.7. The van der Waals surface area contributed by atoms with Crippen molar-refractivity contribution in [1.82, 2.24) is 20.5 Å². The van der Waals surface area contributed by atoms with Gasteiger partial charge in [-0.05, 0) is 50.2 Å². The second-order valence-electron chi connectivity index (χ2n) is 8.74. The molecule has 0 amide bonds. The number of hydrogen-bond acceptors (Lipinski definition) is 5. The molecule has 0 atom stereocenters. The third kappa shape index (κ3) is 7.85.